The highest BCUT2D eigenvalue weighted by molar-refractivity contribution is 9.09. The zero-order chi connectivity index (χ0) is 12.8. The summed E-state index contributed by atoms with van der Waals surface area (Å²) >= 11 is 3.74. The Bertz CT molecular complexity index is 406. The molecular formula is C17H23Br. The van der Waals surface area contributed by atoms with E-state index >= 15 is 0 Å². The van der Waals surface area contributed by atoms with Gasteiger partial charge in [-0.25, -0.2) is 0 Å². The van der Waals surface area contributed by atoms with Gasteiger partial charge in [0.25, 0.3) is 0 Å². The van der Waals surface area contributed by atoms with Crippen molar-refractivity contribution in [2.75, 3.05) is 0 Å². The maximum absolute atomic E-state index is 3.74. The van der Waals surface area contributed by atoms with Gasteiger partial charge in [-0.15, -0.1) is 0 Å². The fourth-order valence-corrected chi connectivity index (χ4v) is 3.42. The van der Waals surface area contributed by atoms with E-state index < -0.39 is 0 Å². The summed E-state index contributed by atoms with van der Waals surface area (Å²) in [6, 6.07) is 6.71. The molecule has 0 spiro atoms. The smallest absolute Gasteiger partial charge is 0.0587 e. The number of rotatable bonds is 7. The fourth-order valence-electron chi connectivity index (χ4n) is 2.71. The number of halogens is 1. The third kappa shape index (κ3) is 3.47. The van der Waals surface area contributed by atoms with Crippen LogP contribution < -0.4 is 0 Å². The minimum absolute atomic E-state index is 0.434. The number of alkyl halides is 1. The Balaban J connectivity index is 1.82. The molecule has 1 unspecified atom stereocenters. The molecule has 1 heteroatoms. The molecule has 0 radical (unpaired) electrons. The van der Waals surface area contributed by atoms with E-state index in [1.54, 1.807) is 0 Å². The third-order valence-corrected chi connectivity index (χ3v) is 4.51. The van der Waals surface area contributed by atoms with Crippen LogP contribution in [0, 0.1) is 0 Å². The minimum atomic E-state index is 0.434. The number of allylic oxidation sites excluding steroid dienone is 1. The van der Waals surface area contributed by atoms with Gasteiger partial charge in [-0.05, 0) is 29.5 Å². The molecule has 0 saturated heterocycles. The van der Waals surface area contributed by atoms with Gasteiger partial charge >= 0.3 is 0 Å². The van der Waals surface area contributed by atoms with Gasteiger partial charge < -0.3 is 0 Å². The van der Waals surface area contributed by atoms with Crippen LogP contribution in [0.2, 0.25) is 0 Å². The zero-order valence-electron chi connectivity index (χ0n) is 11.3. The molecule has 0 bridgehead atoms. The molecule has 18 heavy (non-hydrogen) atoms. The average molecular weight is 307 g/mol. The first-order valence-corrected chi connectivity index (χ1v) is 8.18. The molecule has 0 heterocycles. The van der Waals surface area contributed by atoms with Crippen LogP contribution in [-0.4, -0.2) is 0 Å². The highest BCUT2D eigenvalue weighted by Gasteiger charge is 2.17. The van der Waals surface area contributed by atoms with Crippen molar-refractivity contribution in [1.29, 1.82) is 0 Å². The van der Waals surface area contributed by atoms with Crippen LogP contribution in [0.25, 0.3) is 6.08 Å². The van der Waals surface area contributed by atoms with Crippen molar-refractivity contribution < 1.29 is 0 Å². The summed E-state index contributed by atoms with van der Waals surface area (Å²) < 4.78 is 0. The summed E-state index contributed by atoms with van der Waals surface area (Å²) in [6.07, 6.45) is 14.0. The number of hydrogen-bond acceptors (Lipinski definition) is 0. The quantitative estimate of drug-likeness (QED) is 0.425. The van der Waals surface area contributed by atoms with E-state index in [-0.39, 0.29) is 0 Å². The first-order valence-electron chi connectivity index (χ1n) is 7.27. The van der Waals surface area contributed by atoms with E-state index in [1.807, 2.05) is 0 Å². The Hall–Kier alpha value is -0.560. The van der Waals surface area contributed by atoms with Gasteiger partial charge in [-0.1, -0.05) is 85.3 Å². The second-order valence-corrected chi connectivity index (χ2v) is 6.19. The van der Waals surface area contributed by atoms with Gasteiger partial charge in [0.05, 0.1) is 4.83 Å². The Morgan fingerprint density at radius 1 is 1.06 bits per heavy atom. The van der Waals surface area contributed by atoms with Crippen LogP contribution in [0.4, 0.5) is 0 Å². The summed E-state index contributed by atoms with van der Waals surface area (Å²) in [5.41, 5.74) is 4.45. The van der Waals surface area contributed by atoms with Gasteiger partial charge in [0.1, 0.15) is 0 Å². The van der Waals surface area contributed by atoms with Crippen LogP contribution in [0.1, 0.15) is 67.0 Å². The number of fused-ring (bicyclic) bond motifs is 1. The zero-order valence-corrected chi connectivity index (χ0v) is 12.9. The Morgan fingerprint density at radius 3 is 2.67 bits per heavy atom. The van der Waals surface area contributed by atoms with Crippen molar-refractivity contribution in [2.45, 2.75) is 56.7 Å². The van der Waals surface area contributed by atoms with Crippen molar-refractivity contribution in [2.24, 2.45) is 0 Å². The lowest BCUT2D eigenvalue weighted by Gasteiger charge is -2.11. The standard InChI is InChI=1S/C17H23Br/c1-2-3-4-5-6-7-9-14-10-8-11-15-12-13-16(18)17(14)15/h8,10-13,16H,2-7,9H2,1H3. The van der Waals surface area contributed by atoms with E-state index in [0.29, 0.717) is 4.83 Å². The summed E-state index contributed by atoms with van der Waals surface area (Å²) in [5, 5.41) is 0. The van der Waals surface area contributed by atoms with Crippen LogP contribution in [-0.2, 0) is 6.42 Å². The van der Waals surface area contributed by atoms with E-state index in [9.17, 15) is 0 Å². The predicted molar refractivity (Wildman–Crippen MR) is 84.2 cm³/mol. The molecule has 0 aromatic heterocycles. The molecule has 98 valence electrons. The number of hydrogen-bond donors (Lipinski definition) is 0. The predicted octanol–water partition coefficient (Wildman–Crippen LogP) is 6.05. The summed E-state index contributed by atoms with van der Waals surface area (Å²) in [7, 11) is 0. The Kier molecular flexibility index (Phi) is 5.49. The van der Waals surface area contributed by atoms with Crippen molar-refractivity contribution >= 4 is 22.0 Å². The summed E-state index contributed by atoms with van der Waals surface area (Å²) in [5.74, 6) is 0. The third-order valence-electron chi connectivity index (χ3n) is 3.75. The van der Waals surface area contributed by atoms with Crippen molar-refractivity contribution in [3.63, 3.8) is 0 Å². The molecule has 2 rings (SSSR count). The lowest BCUT2D eigenvalue weighted by atomic mass is 9.97. The highest BCUT2D eigenvalue weighted by Crippen LogP contribution is 2.37. The Morgan fingerprint density at radius 2 is 1.83 bits per heavy atom. The molecule has 1 aliphatic carbocycles. The van der Waals surface area contributed by atoms with Crippen molar-refractivity contribution in [1.82, 2.24) is 0 Å². The molecule has 1 aromatic carbocycles. The summed E-state index contributed by atoms with van der Waals surface area (Å²) in [6.45, 7) is 2.27. The van der Waals surface area contributed by atoms with Gasteiger partial charge in [-0.3, -0.25) is 0 Å². The van der Waals surface area contributed by atoms with Crippen LogP contribution in [0.5, 0.6) is 0 Å². The fraction of sp³-hybridized carbons (Fsp3) is 0.529. The largest absolute Gasteiger partial charge is 0.0793 e. The van der Waals surface area contributed by atoms with E-state index in [4.69, 9.17) is 0 Å². The molecule has 0 fully saturated rings. The van der Waals surface area contributed by atoms with Crippen molar-refractivity contribution in [3.05, 3.63) is 41.0 Å². The van der Waals surface area contributed by atoms with E-state index in [0.717, 1.165) is 0 Å². The maximum Gasteiger partial charge on any atom is 0.0587 e. The van der Waals surface area contributed by atoms with Crippen molar-refractivity contribution in [3.8, 4) is 0 Å². The molecule has 1 aromatic rings. The molecule has 0 N–H and O–H groups in total. The molecule has 0 amide bonds. The van der Waals surface area contributed by atoms with Gasteiger partial charge in [0.15, 0.2) is 0 Å². The molecule has 0 aliphatic heterocycles. The van der Waals surface area contributed by atoms with Crippen LogP contribution in [0.3, 0.4) is 0 Å². The van der Waals surface area contributed by atoms with Crippen LogP contribution in [0.15, 0.2) is 24.3 Å². The molecule has 1 atom stereocenters. The van der Waals surface area contributed by atoms with Gasteiger partial charge in [0.2, 0.25) is 0 Å². The molecular weight excluding hydrogens is 284 g/mol. The van der Waals surface area contributed by atoms with Crippen LogP contribution >= 0.6 is 15.9 Å². The number of benzene rings is 1. The molecule has 0 nitrogen and oxygen atoms in total. The Labute approximate surface area is 120 Å². The lowest BCUT2D eigenvalue weighted by molar-refractivity contribution is 0.607. The number of aryl methyl sites for hydroxylation is 1. The van der Waals surface area contributed by atoms with E-state index in [1.165, 1.54) is 61.6 Å². The topological polar surface area (TPSA) is 0 Å². The average Bonchev–Trinajstić information content (AvgIpc) is 2.76. The monoisotopic (exact) mass is 306 g/mol. The van der Waals surface area contributed by atoms with Gasteiger partial charge in [-0.2, -0.15) is 0 Å². The first-order chi connectivity index (χ1) is 8.83. The first kappa shape index (κ1) is 13.9. The van der Waals surface area contributed by atoms with Gasteiger partial charge in [0, 0.05) is 0 Å². The van der Waals surface area contributed by atoms with E-state index in [2.05, 4.69) is 53.2 Å². The lowest BCUT2D eigenvalue weighted by Crippen LogP contribution is -1.95. The SMILES string of the molecule is CCCCCCCCc1cccc2c1C(Br)C=C2. The summed E-state index contributed by atoms with van der Waals surface area (Å²) in [4.78, 5) is 0.434. The highest BCUT2D eigenvalue weighted by atomic mass is 79.9. The second kappa shape index (κ2) is 7.13. The minimum Gasteiger partial charge on any atom is -0.0793 e. The second-order valence-electron chi connectivity index (χ2n) is 5.20. The number of unbranched alkanes of at least 4 members (excludes halogenated alkanes) is 5. The maximum atomic E-state index is 3.74. The molecule has 1 aliphatic rings. The normalized spacial score (nSPS) is 17.1. The molecule has 0 saturated carbocycles.